The van der Waals surface area contributed by atoms with Gasteiger partial charge in [0.2, 0.25) is 5.91 Å². The van der Waals surface area contributed by atoms with Crippen molar-refractivity contribution in [3.63, 3.8) is 0 Å². The maximum Gasteiger partial charge on any atom is 0.221 e. The maximum atomic E-state index is 10.7. The van der Waals surface area contributed by atoms with Gasteiger partial charge in [-0.15, -0.1) is 0 Å². The van der Waals surface area contributed by atoms with Crippen molar-refractivity contribution in [2.24, 2.45) is 0 Å². The smallest absolute Gasteiger partial charge is 0.221 e. The molecule has 0 saturated carbocycles. The molecule has 0 radical (unpaired) electrons. The third-order valence-electron chi connectivity index (χ3n) is 0.972. The fraction of sp³-hybridized carbons (Fsp3) is 0.833. The Balaban J connectivity index is 3.05. The van der Waals surface area contributed by atoms with Crippen molar-refractivity contribution in [2.45, 2.75) is 13.3 Å². The number of carbonyl (C=O) groups is 1. The molecule has 0 aromatic heterocycles. The molecule has 0 heterocycles. The van der Waals surface area contributed by atoms with Gasteiger partial charge in [0.25, 0.3) is 0 Å². The molecule has 1 amide bonds. The Morgan fingerprint density at radius 2 is 2.30 bits per heavy atom. The predicted molar refractivity (Wildman–Crippen MR) is 38.3 cm³/mol. The van der Waals surface area contributed by atoms with E-state index < -0.39 is 0 Å². The fourth-order valence-electron chi connectivity index (χ4n) is 0.552. The molecule has 0 saturated heterocycles. The van der Waals surface area contributed by atoms with Crippen molar-refractivity contribution in [1.29, 1.82) is 0 Å². The van der Waals surface area contributed by atoms with Gasteiger partial charge in [0.05, 0.1) is 7.11 Å². The second kappa shape index (κ2) is 6.51. The van der Waals surface area contributed by atoms with Gasteiger partial charge in [0.1, 0.15) is 0 Å². The number of nitrogens with one attached hydrogen (secondary N) is 2. The van der Waals surface area contributed by atoms with Crippen LogP contribution in [0.1, 0.15) is 13.3 Å². The quantitative estimate of drug-likeness (QED) is 0.412. The summed E-state index contributed by atoms with van der Waals surface area (Å²) in [4.78, 5) is 15.3. The molecule has 2 N–H and O–H groups in total. The molecular weight excluding hydrogens is 132 g/mol. The first-order valence-corrected chi connectivity index (χ1v) is 3.33. The first kappa shape index (κ1) is 9.39. The summed E-state index contributed by atoms with van der Waals surface area (Å²) < 4.78 is 0. The molecule has 0 aliphatic heterocycles. The van der Waals surface area contributed by atoms with Gasteiger partial charge in [-0.3, -0.25) is 4.79 Å². The van der Waals surface area contributed by atoms with Crippen LogP contribution in [0.4, 0.5) is 0 Å². The molecule has 0 spiro atoms. The first-order valence-electron chi connectivity index (χ1n) is 3.33. The second-order valence-electron chi connectivity index (χ2n) is 1.80. The summed E-state index contributed by atoms with van der Waals surface area (Å²) >= 11 is 0. The van der Waals surface area contributed by atoms with Crippen molar-refractivity contribution in [3.05, 3.63) is 0 Å². The number of hydrogen-bond acceptors (Lipinski definition) is 3. The monoisotopic (exact) mass is 146 g/mol. The molecule has 0 atom stereocenters. The molecule has 60 valence electrons. The van der Waals surface area contributed by atoms with E-state index in [4.69, 9.17) is 0 Å². The van der Waals surface area contributed by atoms with Crippen molar-refractivity contribution in [2.75, 3.05) is 20.2 Å². The minimum atomic E-state index is 0.0482. The van der Waals surface area contributed by atoms with Crippen LogP contribution in [-0.4, -0.2) is 26.1 Å². The van der Waals surface area contributed by atoms with Crippen LogP contribution < -0.4 is 10.8 Å². The van der Waals surface area contributed by atoms with Gasteiger partial charge in [-0.25, -0.2) is 5.48 Å². The summed E-state index contributed by atoms with van der Waals surface area (Å²) in [6, 6.07) is 0. The summed E-state index contributed by atoms with van der Waals surface area (Å²) in [6.07, 6.45) is 0.460. The van der Waals surface area contributed by atoms with E-state index in [9.17, 15) is 4.79 Å². The topological polar surface area (TPSA) is 50.4 Å². The zero-order chi connectivity index (χ0) is 7.82. The van der Waals surface area contributed by atoms with Crippen LogP contribution in [0.25, 0.3) is 0 Å². The number of hydrogen-bond donors (Lipinski definition) is 2. The highest BCUT2D eigenvalue weighted by Gasteiger charge is 1.96. The highest BCUT2D eigenvalue weighted by Crippen LogP contribution is 1.75. The normalized spacial score (nSPS) is 9.40. The number of rotatable bonds is 5. The van der Waals surface area contributed by atoms with Gasteiger partial charge in [0, 0.05) is 19.5 Å². The largest absolute Gasteiger partial charge is 0.356 e. The number of carbonyl (C=O) groups excluding carboxylic acids is 1. The molecule has 10 heavy (non-hydrogen) atoms. The fourth-order valence-corrected chi connectivity index (χ4v) is 0.552. The Kier molecular flexibility index (Phi) is 6.11. The Labute approximate surface area is 60.9 Å². The van der Waals surface area contributed by atoms with Crippen LogP contribution in [0.5, 0.6) is 0 Å². The lowest BCUT2D eigenvalue weighted by Crippen LogP contribution is -2.26. The van der Waals surface area contributed by atoms with Crippen molar-refractivity contribution < 1.29 is 9.63 Å². The second-order valence-corrected chi connectivity index (χ2v) is 1.80. The molecular formula is C6H14N2O2. The lowest BCUT2D eigenvalue weighted by molar-refractivity contribution is -0.121. The number of amides is 1. The van der Waals surface area contributed by atoms with Gasteiger partial charge in [-0.05, 0) is 6.92 Å². The van der Waals surface area contributed by atoms with E-state index in [0.717, 1.165) is 0 Å². The molecule has 0 aromatic carbocycles. The minimum absolute atomic E-state index is 0.0482. The number of hydroxylamine groups is 1. The first-order chi connectivity index (χ1) is 4.81. The van der Waals surface area contributed by atoms with E-state index in [1.165, 1.54) is 7.11 Å². The third kappa shape index (κ3) is 5.53. The van der Waals surface area contributed by atoms with Crippen LogP contribution in [0.15, 0.2) is 0 Å². The van der Waals surface area contributed by atoms with E-state index in [0.29, 0.717) is 19.5 Å². The Morgan fingerprint density at radius 3 is 2.80 bits per heavy atom. The summed E-state index contributed by atoms with van der Waals surface area (Å²) in [6.45, 7) is 3.13. The van der Waals surface area contributed by atoms with Gasteiger partial charge < -0.3 is 10.2 Å². The highest BCUT2D eigenvalue weighted by molar-refractivity contribution is 5.75. The molecule has 0 bridgehead atoms. The highest BCUT2D eigenvalue weighted by atomic mass is 16.6. The van der Waals surface area contributed by atoms with Gasteiger partial charge in [-0.1, -0.05) is 0 Å². The summed E-state index contributed by atoms with van der Waals surface area (Å²) in [7, 11) is 1.53. The average molecular weight is 146 g/mol. The summed E-state index contributed by atoms with van der Waals surface area (Å²) in [5.41, 5.74) is 2.58. The predicted octanol–water partition coefficient (Wildman–Crippen LogP) is -0.336. The summed E-state index contributed by atoms with van der Waals surface area (Å²) in [5.74, 6) is 0.0482. The van der Waals surface area contributed by atoms with Crippen LogP contribution in [-0.2, 0) is 9.63 Å². The Morgan fingerprint density at radius 1 is 1.60 bits per heavy atom. The zero-order valence-electron chi connectivity index (χ0n) is 6.44. The molecule has 0 fully saturated rings. The van der Waals surface area contributed by atoms with Crippen LogP contribution in [0.2, 0.25) is 0 Å². The Bertz CT molecular complexity index is 95.7. The average Bonchev–Trinajstić information content (AvgIpc) is 1.89. The molecule has 0 rings (SSSR count). The van der Waals surface area contributed by atoms with Gasteiger partial charge in [0.15, 0.2) is 0 Å². The van der Waals surface area contributed by atoms with E-state index in [1.807, 2.05) is 6.92 Å². The lowest BCUT2D eigenvalue weighted by atomic mass is 10.4. The van der Waals surface area contributed by atoms with Gasteiger partial charge in [-0.2, -0.15) is 0 Å². The minimum Gasteiger partial charge on any atom is -0.356 e. The Hall–Kier alpha value is -0.610. The molecule has 0 aliphatic rings. The van der Waals surface area contributed by atoms with Crippen molar-refractivity contribution in [1.82, 2.24) is 10.8 Å². The molecule has 0 aliphatic carbocycles. The molecule has 0 aromatic rings. The molecule has 4 heteroatoms. The molecule has 0 unspecified atom stereocenters. The van der Waals surface area contributed by atoms with Crippen molar-refractivity contribution >= 4 is 5.91 Å². The standard InChI is InChI=1S/C6H14N2O2/c1-3-7-6(9)4-5-8-10-2/h8H,3-5H2,1-2H3,(H,7,9). The summed E-state index contributed by atoms with van der Waals surface area (Å²) in [5, 5.41) is 2.67. The van der Waals surface area contributed by atoms with Crippen LogP contribution >= 0.6 is 0 Å². The van der Waals surface area contributed by atoms with Gasteiger partial charge >= 0.3 is 0 Å². The SMILES string of the molecule is CCNC(=O)CCNOC. The van der Waals surface area contributed by atoms with E-state index in [-0.39, 0.29) is 5.91 Å². The maximum absolute atomic E-state index is 10.7. The molecule has 4 nitrogen and oxygen atoms in total. The third-order valence-corrected chi connectivity index (χ3v) is 0.972. The van der Waals surface area contributed by atoms with Crippen LogP contribution in [0.3, 0.4) is 0 Å². The van der Waals surface area contributed by atoms with Crippen molar-refractivity contribution in [3.8, 4) is 0 Å². The van der Waals surface area contributed by atoms with E-state index in [2.05, 4.69) is 15.6 Å². The van der Waals surface area contributed by atoms with E-state index in [1.54, 1.807) is 0 Å². The van der Waals surface area contributed by atoms with Crippen LogP contribution in [0, 0.1) is 0 Å². The van der Waals surface area contributed by atoms with E-state index >= 15 is 0 Å². The zero-order valence-corrected chi connectivity index (χ0v) is 6.44. The lowest BCUT2D eigenvalue weighted by Gasteiger charge is -2.01.